The van der Waals surface area contributed by atoms with Crippen molar-refractivity contribution in [2.75, 3.05) is 0 Å². The van der Waals surface area contributed by atoms with Crippen LogP contribution in [0.15, 0.2) is 0 Å². The fraction of sp³-hybridized carbons (Fsp3) is 0.900. The number of ether oxygens (including phenoxy) is 1. The van der Waals surface area contributed by atoms with Gasteiger partial charge in [-0.1, -0.05) is 13.8 Å². The summed E-state index contributed by atoms with van der Waals surface area (Å²) in [6.07, 6.45) is 6.63. The van der Waals surface area contributed by atoms with E-state index in [1.54, 1.807) is 0 Å². The highest BCUT2D eigenvalue weighted by atomic mass is 16.5. The molecule has 1 saturated heterocycles. The molecule has 23 heavy (non-hydrogen) atoms. The van der Waals surface area contributed by atoms with Crippen LogP contribution in [-0.4, -0.2) is 23.8 Å². The Hall–Kier alpha value is -0.700. The summed E-state index contributed by atoms with van der Waals surface area (Å²) in [7, 11) is 0. The monoisotopic (exact) mass is 314 g/mol. The maximum absolute atomic E-state index is 12.5. The zero-order chi connectivity index (χ0) is 15.7. The summed E-state index contributed by atoms with van der Waals surface area (Å²) < 4.78 is 6.11. The molecule has 0 radical (unpaired) electrons. The third-order valence-electron chi connectivity index (χ3n) is 9.45. The van der Waals surface area contributed by atoms with Crippen molar-refractivity contribution < 1.29 is 14.3 Å². The van der Waals surface area contributed by atoms with Gasteiger partial charge in [-0.2, -0.15) is 0 Å². The van der Waals surface area contributed by atoms with Gasteiger partial charge in [-0.3, -0.25) is 9.59 Å². The molecule has 3 nitrogen and oxygen atoms in total. The van der Waals surface area contributed by atoms with E-state index in [1.807, 2.05) is 0 Å². The Bertz CT molecular complexity index is 641. The maximum atomic E-state index is 12.5. The fourth-order valence-corrected chi connectivity index (χ4v) is 8.24. The molecular formula is C20H26O3. The quantitative estimate of drug-likeness (QED) is 0.690. The number of rotatable bonds is 0. The number of fused-ring (bicyclic) bond motifs is 6. The van der Waals surface area contributed by atoms with Gasteiger partial charge in [0.1, 0.15) is 11.9 Å². The first-order valence-electron chi connectivity index (χ1n) is 9.68. The van der Waals surface area contributed by atoms with Gasteiger partial charge in [0.25, 0.3) is 0 Å². The van der Waals surface area contributed by atoms with E-state index in [1.165, 1.54) is 6.42 Å². The second kappa shape index (κ2) is 3.76. The SMILES string of the molecule is C[C@]12C3C(C[C@@H]4[C@@H]1CC[C@]1(C)C(=O)CC[C@@H]41)OC3C(=O)[C@H]1CC12. The second-order valence-corrected chi connectivity index (χ2v) is 9.87. The molecule has 5 saturated carbocycles. The van der Waals surface area contributed by atoms with Crippen molar-refractivity contribution >= 4 is 11.6 Å². The van der Waals surface area contributed by atoms with E-state index in [4.69, 9.17) is 4.74 Å². The largest absolute Gasteiger partial charge is 0.366 e. The Balaban J connectivity index is 1.43. The molecule has 6 aliphatic rings. The summed E-state index contributed by atoms with van der Waals surface area (Å²) in [5, 5.41) is 0. The number of hydrogen-bond donors (Lipinski definition) is 0. The van der Waals surface area contributed by atoms with Gasteiger partial charge in [0.15, 0.2) is 5.78 Å². The summed E-state index contributed by atoms with van der Waals surface area (Å²) >= 11 is 0. The third-order valence-corrected chi connectivity index (χ3v) is 9.45. The first-order chi connectivity index (χ1) is 11.0. The average molecular weight is 314 g/mol. The molecule has 0 amide bonds. The van der Waals surface area contributed by atoms with Crippen molar-refractivity contribution in [1.82, 2.24) is 0 Å². The molecule has 0 spiro atoms. The zero-order valence-electron chi connectivity index (χ0n) is 14.1. The van der Waals surface area contributed by atoms with E-state index in [9.17, 15) is 9.59 Å². The van der Waals surface area contributed by atoms with Gasteiger partial charge >= 0.3 is 0 Å². The van der Waals surface area contributed by atoms with Crippen molar-refractivity contribution in [3.63, 3.8) is 0 Å². The fourth-order valence-electron chi connectivity index (χ4n) is 8.24. The number of carbonyl (C=O) groups excluding carboxylic acids is 2. The molecule has 0 aromatic carbocycles. The predicted molar refractivity (Wildman–Crippen MR) is 83.5 cm³/mol. The Kier molecular flexibility index (Phi) is 2.22. The average Bonchev–Trinajstić information content (AvgIpc) is 3.23. The smallest absolute Gasteiger partial charge is 0.165 e. The Morgan fingerprint density at radius 2 is 1.87 bits per heavy atom. The molecule has 124 valence electrons. The van der Waals surface area contributed by atoms with Gasteiger partial charge in [0.05, 0.1) is 6.10 Å². The number of ketones is 2. The Morgan fingerprint density at radius 1 is 1.04 bits per heavy atom. The second-order valence-electron chi connectivity index (χ2n) is 9.87. The van der Waals surface area contributed by atoms with Crippen LogP contribution in [-0.2, 0) is 14.3 Å². The lowest BCUT2D eigenvalue weighted by atomic mass is 9.42. The standard InChI is InChI=1S/C20H26O3/c1-19-6-5-12-9(11(19)3-4-15(19)21)8-14-16-18(23-14)17(22)10-7-13(10)20(12,16)2/h9-14,16,18H,3-8H2,1-2H3/t9-,10-,11-,12-,13?,14?,16?,18?,19-,20-/m0/s1. The Morgan fingerprint density at radius 3 is 2.70 bits per heavy atom. The van der Waals surface area contributed by atoms with E-state index in [2.05, 4.69) is 13.8 Å². The summed E-state index contributed by atoms with van der Waals surface area (Å²) in [5.41, 5.74) is 0.253. The van der Waals surface area contributed by atoms with Crippen LogP contribution in [0.1, 0.15) is 52.4 Å². The molecule has 0 aromatic heterocycles. The van der Waals surface area contributed by atoms with Gasteiger partial charge in [-0.05, 0) is 61.2 Å². The lowest BCUT2D eigenvalue weighted by Crippen LogP contribution is -2.70. The molecule has 0 N–H and O–H groups in total. The van der Waals surface area contributed by atoms with E-state index in [0.717, 1.165) is 38.0 Å². The van der Waals surface area contributed by atoms with Crippen molar-refractivity contribution in [3.8, 4) is 0 Å². The van der Waals surface area contributed by atoms with Gasteiger partial charge in [-0.25, -0.2) is 0 Å². The van der Waals surface area contributed by atoms with Gasteiger partial charge < -0.3 is 4.74 Å². The van der Waals surface area contributed by atoms with Crippen LogP contribution in [0.2, 0.25) is 0 Å². The molecule has 1 heterocycles. The van der Waals surface area contributed by atoms with Crippen molar-refractivity contribution in [1.29, 1.82) is 0 Å². The molecule has 10 atom stereocenters. The molecule has 6 rings (SSSR count). The Labute approximate surface area is 137 Å². The van der Waals surface area contributed by atoms with Gasteiger partial charge in [0.2, 0.25) is 0 Å². The highest BCUT2D eigenvalue weighted by Crippen LogP contribution is 2.74. The molecule has 0 bridgehead atoms. The van der Waals surface area contributed by atoms with E-state index in [-0.39, 0.29) is 11.5 Å². The summed E-state index contributed by atoms with van der Waals surface area (Å²) in [5.74, 6) is 4.30. The van der Waals surface area contributed by atoms with Crippen LogP contribution in [0.25, 0.3) is 0 Å². The summed E-state index contributed by atoms with van der Waals surface area (Å²) in [6, 6.07) is 0. The normalized spacial score (nSPS) is 65.1. The summed E-state index contributed by atoms with van der Waals surface area (Å²) in [4.78, 5) is 25.0. The zero-order valence-corrected chi connectivity index (χ0v) is 14.1. The lowest BCUT2D eigenvalue weighted by Gasteiger charge is -2.67. The van der Waals surface area contributed by atoms with Crippen molar-refractivity contribution in [2.45, 2.75) is 64.6 Å². The van der Waals surface area contributed by atoms with Gasteiger partial charge in [-0.15, -0.1) is 0 Å². The first-order valence-corrected chi connectivity index (χ1v) is 9.68. The highest BCUT2D eigenvalue weighted by Gasteiger charge is 2.76. The van der Waals surface area contributed by atoms with E-state index < -0.39 is 0 Å². The van der Waals surface area contributed by atoms with Crippen molar-refractivity contribution in [2.24, 2.45) is 46.3 Å². The minimum Gasteiger partial charge on any atom is -0.366 e. The maximum Gasteiger partial charge on any atom is 0.165 e. The predicted octanol–water partition coefficient (Wildman–Crippen LogP) is 3.01. The molecular weight excluding hydrogens is 288 g/mol. The highest BCUT2D eigenvalue weighted by molar-refractivity contribution is 5.91. The molecule has 1 aliphatic heterocycles. The van der Waals surface area contributed by atoms with Crippen LogP contribution in [0.3, 0.4) is 0 Å². The van der Waals surface area contributed by atoms with Crippen molar-refractivity contribution in [3.05, 3.63) is 0 Å². The topological polar surface area (TPSA) is 43.4 Å². The molecule has 6 fully saturated rings. The first kappa shape index (κ1) is 13.6. The van der Waals surface area contributed by atoms with Crippen LogP contribution >= 0.6 is 0 Å². The van der Waals surface area contributed by atoms with Crippen LogP contribution in [0, 0.1) is 46.3 Å². The van der Waals surface area contributed by atoms with Crippen LogP contribution < -0.4 is 0 Å². The third kappa shape index (κ3) is 1.29. The molecule has 3 heteroatoms. The van der Waals surface area contributed by atoms with E-state index >= 15 is 0 Å². The minimum absolute atomic E-state index is 0.0546. The van der Waals surface area contributed by atoms with Crippen LogP contribution in [0.4, 0.5) is 0 Å². The minimum atomic E-state index is -0.0757. The molecule has 0 aromatic rings. The number of Topliss-reactive ketones (excluding diaryl/α,β-unsaturated/α-hetero) is 2. The summed E-state index contributed by atoms with van der Waals surface area (Å²) in [6.45, 7) is 4.74. The lowest BCUT2D eigenvalue weighted by molar-refractivity contribution is -0.286. The van der Waals surface area contributed by atoms with Crippen LogP contribution in [0.5, 0.6) is 0 Å². The molecule has 5 aliphatic carbocycles. The number of hydrogen-bond acceptors (Lipinski definition) is 3. The van der Waals surface area contributed by atoms with E-state index in [0.29, 0.717) is 52.7 Å². The molecule has 4 unspecified atom stereocenters. The number of carbonyl (C=O) groups is 2. The van der Waals surface area contributed by atoms with Gasteiger partial charge in [0, 0.05) is 23.7 Å².